The zero-order valence-corrected chi connectivity index (χ0v) is 44.7. The first-order valence-electron chi connectivity index (χ1n) is 26.9. The van der Waals surface area contributed by atoms with Crippen molar-refractivity contribution in [1.29, 1.82) is 0 Å². The number of nitrogens with one attached hydrogen (secondary N) is 1. The Labute approximate surface area is 428 Å². The summed E-state index contributed by atoms with van der Waals surface area (Å²) >= 11 is 0. The van der Waals surface area contributed by atoms with Gasteiger partial charge in [-0.1, -0.05) is 89.8 Å². The Balaban J connectivity index is 0.000000761. The molecule has 0 aromatic heterocycles. The fourth-order valence-electron chi connectivity index (χ4n) is 12.3. The van der Waals surface area contributed by atoms with Gasteiger partial charge in [0, 0.05) is 51.7 Å². The highest BCUT2D eigenvalue weighted by molar-refractivity contribution is 5.78. The van der Waals surface area contributed by atoms with Crippen molar-refractivity contribution in [3.05, 3.63) is 59.3 Å². The Morgan fingerprint density at radius 1 is 0.903 bits per heavy atom. The number of ether oxygens (including phenoxy) is 10. The molecular formula is C56H87NO15. The third-order valence-electron chi connectivity index (χ3n) is 16.8. The smallest absolute Gasteiger partial charge is 0.316 e. The quantitative estimate of drug-likeness (QED) is 0.126. The van der Waals surface area contributed by atoms with Gasteiger partial charge in [0.15, 0.2) is 18.4 Å². The predicted molar refractivity (Wildman–Crippen MR) is 268 cm³/mol. The maximum absolute atomic E-state index is 14.4. The number of aliphatic hydroxyl groups is 2. The van der Waals surface area contributed by atoms with Crippen LogP contribution in [0, 0.1) is 29.6 Å². The molecule has 0 aromatic rings. The van der Waals surface area contributed by atoms with Crippen molar-refractivity contribution in [3.8, 4) is 0 Å². The normalized spacial score (nSPS) is 45.2. The van der Waals surface area contributed by atoms with Gasteiger partial charge in [-0.2, -0.15) is 0 Å². The summed E-state index contributed by atoms with van der Waals surface area (Å²) in [5.74, 6) is -3.14. The predicted octanol–water partition coefficient (Wildman–Crippen LogP) is 7.26. The lowest BCUT2D eigenvalue weighted by molar-refractivity contribution is -0.312. The van der Waals surface area contributed by atoms with E-state index in [1.807, 2.05) is 39.1 Å². The van der Waals surface area contributed by atoms with Crippen molar-refractivity contribution in [1.82, 2.24) is 5.32 Å². The third-order valence-corrected chi connectivity index (χ3v) is 16.8. The van der Waals surface area contributed by atoms with Gasteiger partial charge in [0.2, 0.25) is 0 Å². The topological polar surface area (TPSA) is 199 Å². The Kier molecular flexibility index (Phi) is 19.7. The summed E-state index contributed by atoms with van der Waals surface area (Å²) in [7, 11) is 5.30. The lowest BCUT2D eigenvalue weighted by atomic mass is 9.71. The van der Waals surface area contributed by atoms with Gasteiger partial charge < -0.3 is 68.0 Å². The fourth-order valence-corrected chi connectivity index (χ4v) is 12.3. The van der Waals surface area contributed by atoms with Crippen molar-refractivity contribution in [3.63, 3.8) is 0 Å². The number of likely N-dealkylation sites (N-methyl/N-ethyl adjacent to an activating group) is 1. The SMILES string of the molecule is CCC(C)C1OC2(C=CC1C)CC1CC(C/C=C(/C)C(OC3CC(OC)C(OC4CC(OC)C(NC)C(C)O4)C(C)O3)C(C)/C=C\C=C3\COC4C(O)C(C)=CC(C(=O)O1)C34O)O2.O=C(O)C1CCCCC1. The summed E-state index contributed by atoms with van der Waals surface area (Å²) in [5, 5.41) is 35.6. The minimum atomic E-state index is -1.83. The van der Waals surface area contributed by atoms with Crippen LogP contribution in [0.15, 0.2) is 59.3 Å². The lowest BCUT2D eigenvalue weighted by Gasteiger charge is -2.48. The zero-order chi connectivity index (χ0) is 52.1. The molecule has 2 bridgehead atoms. The number of carbonyl (C=O) groups is 2. The molecule has 1 saturated carbocycles. The van der Waals surface area contributed by atoms with E-state index in [0.29, 0.717) is 43.3 Å². The van der Waals surface area contributed by atoms with Gasteiger partial charge >= 0.3 is 11.9 Å². The largest absolute Gasteiger partial charge is 0.481 e. The molecule has 1 spiro atoms. The van der Waals surface area contributed by atoms with Crippen LogP contribution in [0.5, 0.6) is 0 Å². The Morgan fingerprint density at radius 3 is 2.26 bits per heavy atom. The van der Waals surface area contributed by atoms with Crippen LogP contribution >= 0.6 is 0 Å². The first-order chi connectivity index (χ1) is 34.3. The van der Waals surface area contributed by atoms with Gasteiger partial charge in [-0.25, -0.2) is 0 Å². The summed E-state index contributed by atoms with van der Waals surface area (Å²) in [6.45, 7) is 16.4. The second-order valence-corrected chi connectivity index (χ2v) is 22.0. The Bertz CT molecular complexity index is 1980. The number of carbonyl (C=O) groups excluding carboxylic acids is 1. The van der Waals surface area contributed by atoms with Crippen LogP contribution in [-0.2, 0) is 57.0 Å². The van der Waals surface area contributed by atoms with Crippen LogP contribution < -0.4 is 5.32 Å². The average Bonchev–Trinajstić information content (AvgIpc) is 3.70. The number of allylic oxidation sites excluding steroid dienone is 2. The highest BCUT2D eigenvalue weighted by Gasteiger charge is 2.60. The molecule has 0 radical (unpaired) electrons. The molecule has 8 aliphatic rings. The molecule has 8 rings (SSSR count). The van der Waals surface area contributed by atoms with Gasteiger partial charge in [-0.05, 0) is 82.7 Å². The van der Waals surface area contributed by atoms with E-state index in [-0.39, 0.29) is 72.9 Å². The first-order valence-corrected chi connectivity index (χ1v) is 26.9. The third kappa shape index (κ3) is 12.7. The number of rotatable bonds is 10. The zero-order valence-electron chi connectivity index (χ0n) is 44.7. The van der Waals surface area contributed by atoms with E-state index in [0.717, 1.165) is 37.7 Å². The van der Waals surface area contributed by atoms with E-state index in [1.165, 1.54) is 6.42 Å². The van der Waals surface area contributed by atoms with Crippen molar-refractivity contribution >= 4 is 11.9 Å². The molecular weight excluding hydrogens is 927 g/mol. The molecule has 0 aromatic carbocycles. The number of aliphatic hydroxyl groups excluding tert-OH is 1. The Hall–Kier alpha value is -2.84. The van der Waals surface area contributed by atoms with E-state index in [1.54, 1.807) is 33.3 Å². The molecule has 6 heterocycles. The average molecular weight is 1010 g/mol. The number of methoxy groups -OCH3 is 2. The number of hydrogen-bond donors (Lipinski definition) is 4. The number of esters is 1. The molecule has 5 fully saturated rings. The van der Waals surface area contributed by atoms with Crippen molar-refractivity contribution < 1.29 is 72.3 Å². The highest BCUT2D eigenvalue weighted by atomic mass is 16.7. The summed E-state index contributed by atoms with van der Waals surface area (Å²) in [6, 6.07) is 0.0442. The number of carboxylic acids is 1. The van der Waals surface area contributed by atoms with Crippen LogP contribution in [0.2, 0.25) is 0 Å². The molecule has 406 valence electrons. The molecule has 2 aliphatic carbocycles. The van der Waals surface area contributed by atoms with Gasteiger partial charge in [-0.15, -0.1) is 0 Å². The minimum Gasteiger partial charge on any atom is -0.481 e. The summed E-state index contributed by atoms with van der Waals surface area (Å²) in [6.07, 6.45) is 16.0. The molecule has 20 atom stereocenters. The number of hydrogen-bond acceptors (Lipinski definition) is 15. The van der Waals surface area contributed by atoms with Crippen LogP contribution in [-0.4, -0.2) is 152 Å². The molecule has 16 nitrogen and oxygen atoms in total. The Morgan fingerprint density at radius 2 is 1.60 bits per heavy atom. The van der Waals surface area contributed by atoms with Crippen LogP contribution in [0.1, 0.15) is 126 Å². The van der Waals surface area contributed by atoms with E-state index < -0.39 is 72.3 Å². The lowest BCUT2D eigenvalue weighted by Crippen LogP contribution is -2.58. The van der Waals surface area contributed by atoms with Crippen molar-refractivity contribution in [2.24, 2.45) is 29.6 Å². The van der Waals surface area contributed by atoms with E-state index in [4.69, 9.17) is 52.5 Å². The molecule has 16 heteroatoms. The van der Waals surface area contributed by atoms with Gasteiger partial charge in [0.05, 0.1) is 61.3 Å². The fraction of sp³-hybridized carbons (Fsp3) is 0.786. The van der Waals surface area contributed by atoms with E-state index in [9.17, 15) is 19.8 Å². The van der Waals surface area contributed by atoms with Crippen LogP contribution in [0.3, 0.4) is 0 Å². The number of carboxylic acid groups (broad SMARTS) is 1. The van der Waals surface area contributed by atoms with Crippen molar-refractivity contribution in [2.45, 2.75) is 223 Å². The second kappa shape index (κ2) is 24.9. The van der Waals surface area contributed by atoms with Gasteiger partial charge in [0.25, 0.3) is 0 Å². The van der Waals surface area contributed by atoms with E-state index >= 15 is 0 Å². The number of aliphatic carboxylic acids is 1. The number of fused-ring (bicyclic) bond motifs is 2. The van der Waals surface area contributed by atoms with Gasteiger partial charge in [0.1, 0.15) is 35.9 Å². The summed E-state index contributed by atoms with van der Waals surface area (Å²) in [4.78, 5) is 24.7. The molecule has 20 unspecified atom stereocenters. The molecule has 0 amide bonds. The van der Waals surface area contributed by atoms with Crippen molar-refractivity contribution in [2.75, 3.05) is 27.9 Å². The first kappa shape index (κ1) is 56.9. The molecule has 72 heavy (non-hydrogen) atoms. The van der Waals surface area contributed by atoms with Gasteiger partial charge in [-0.3, -0.25) is 9.59 Å². The summed E-state index contributed by atoms with van der Waals surface area (Å²) < 4.78 is 64.6. The molecule has 4 saturated heterocycles. The monoisotopic (exact) mass is 1010 g/mol. The van der Waals surface area contributed by atoms with E-state index in [2.05, 4.69) is 52.1 Å². The molecule has 6 aliphatic heterocycles. The second-order valence-electron chi connectivity index (χ2n) is 22.0. The highest BCUT2D eigenvalue weighted by Crippen LogP contribution is 2.47. The maximum atomic E-state index is 14.4. The molecule has 4 N–H and O–H groups in total. The van der Waals surface area contributed by atoms with Crippen LogP contribution in [0.4, 0.5) is 0 Å². The minimum absolute atomic E-state index is 0.0289. The standard InChI is InChI=1S/C49H75NO13.C7H12O2/c1-12-26(2)44-29(5)18-19-48(63-44)24-35-21-34(62-48)17-16-28(4)43(27(3)14-13-15-33-25-56-46-42(51)30(6)20-36(47(52)59-35)49(33,46)53)60-40-23-38(55-11)45(32(8)58-40)61-39-22-37(54-10)41(50-9)31(7)57-39;8-7(9)6-4-2-1-3-5-6/h13-16,18-20,26-27,29,31-32,34-46,50-51,53H,12,17,21-25H2,1-11H3;6H,1-5H2,(H,8,9)/b14-13-,28-16-,33-15-;. The summed E-state index contributed by atoms with van der Waals surface area (Å²) in [5.41, 5.74) is 0.180. The maximum Gasteiger partial charge on any atom is 0.316 e. The van der Waals surface area contributed by atoms with Crippen LogP contribution in [0.25, 0.3) is 0 Å².